The van der Waals surface area contributed by atoms with Crippen molar-refractivity contribution in [2.75, 3.05) is 12.3 Å². The van der Waals surface area contributed by atoms with Crippen molar-refractivity contribution in [1.29, 1.82) is 0 Å². The van der Waals surface area contributed by atoms with Crippen LogP contribution in [0.4, 0.5) is 0 Å². The molecule has 3 heterocycles. The second-order valence-electron chi connectivity index (χ2n) is 2.86. The van der Waals surface area contributed by atoms with E-state index in [1.807, 2.05) is 4.57 Å². The second-order valence-corrected chi connectivity index (χ2v) is 3.92. The Labute approximate surface area is 84.3 Å². The number of nitrogens with zero attached hydrogens (tertiary/aromatic N) is 5. The monoisotopic (exact) mass is 205 g/mol. The molecule has 0 unspecified atom stereocenters. The molecule has 1 aliphatic heterocycles. The van der Waals surface area contributed by atoms with Gasteiger partial charge in [0.15, 0.2) is 10.8 Å². The molecule has 0 spiro atoms. The topological polar surface area (TPSA) is 56.0 Å². The highest BCUT2D eigenvalue weighted by Crippen LogP contribution is 2.17. The van der Waals surface area contributed by atoms with Gasteiger partial charge in [-0.25, -0.2) is 15.0 Å². The Balaban J connectivity index is 2.21. The lowest BCUT2D eigenvalue weighted by molar-refractivity contribution is 1.10. The van der Waals surface area contributed by atoms with E-state index in [9.17, 15) is 0 Å². The average molecular weight is 205 g/mol. The summed E-state index contributed by atoms with van der Waals surface area (Å²) in [4.78, 5) is 16.7. The summed E-state index contributed by atoms with van der Waals surface area (Å²) in [7, 11) is 0. The standard InChI is InChI=1S/C8H7N5S/c1-2-14-8(10-1)13-5-12-6-3-9-4-11-7(6)13/h3-5H,1-2H2. The minimum atomic E-state index is 0.808. The first-order chi connectivity index (χ1) is 6.95. The van der Waals surface area contributed by atoms with Crippen LogP contribution >= 0.6 is 11.8 Å². The molecule has 0 saturated heterocycles. The van der Waals surface area contributed by atoms with Crippen molar-refractivity contribution in [3.63, 3.8) is 0 Å². The SMILES string of the molecule is c1ncc2ncn(C3=NCCS3)c2n1. The maximum Gasteiger partial charge on any atom is 0.170 e. The number of hydrogen-bond donors (Lipinski definition) is 0. The molecule has 0 fully saturated rings. The van der Waals surface area contributed by atoms with E-state index in [1.54, 1.807) is 24.3 Å². The summed E-state index contributed by atoms with van der Waals surface area (Å²) in [6.07, 6.45) is 4.98. The van der Waals surface area contributed by atoms with Gasteiger partial charge < -0.3 is 0 Å². The highest BCUT2D eigenvalue weighted by atomic mass is 32.2. The second kappa shape index (κ2) is 3.06. The Hall–Kier alpha value is -1.43. The minimum absolute atomic E-state index is 0.808. The third-order valence-electron chi connectivity index (χ3n) is 1.99. The number of aromatic nitrogens is 4. The molecule has 1 aliphatic rings. The molecule has 0 bridgehead atoms. The summed E-state index contributed by atoms with van der Waals surface area (Å²) < 4.78 is 1.91. The van der Waals surface area contributed by atoms with Crippen molar-refractivity contribution in [2.45, 2.75) is 0 Å². The van der Waals surface area contributed by atoms with Crippen molar-refractivity contribution < 1.29 is 0 Å². The molecule has 0 amide bonds. The third-order valence-corrected chi connectivity index (χ3v) is 2.96. The zero-order valence-electron chi connectivity index (χ0n) is 7.29. The Morgan fingerprint density at radius 2 is 2.36 bits per heavy atom. The van der Waals surface area contributed by atoms with Crippen LogP contribution < -0.4 is 0 Å². The van der Waals surface area contributed by atoms with E-state index in [2.05, 4.69) is 19.9 Å². The molecule has 0 radical (unpaired) electrons. The molecule has 0 aromatic carbocycles. The van der Waals surface area contributed by atoms with E-state index in [1.165, 1.54) is 6.33 Å². The third kappa shape index (κ3) is 1.11. The summed E-state index contributed by atoms with van der Waals surface area (Å²) >= 11 is 1.73. The van der Waals surface area contributed by atoms with E-state index in [-0.39, 0.29) is 0 Å². The van der Waals surface area contributed by atoms with Crippen LogP contribution in [0.2, 0.25) is 0 Å². The van der Waals surface area contributed by atoms with Gasteiger partial charge in [0.05, 0.1) is 12.7 Å². The smallest absolute Gasteiger partial charge is 0.170 e. The maximum absolute atomic E-state index is 4.37. The quantitative estimate of drug-likeness (QED) is 0.637. The van der Waals surface area contributed by atoms with Crippen LogP contribution in [0.3, 0.4) is 0 Å². The molecule has 0 N–H and O–H groups in total. The average Bonchev–Trinajstić information content (AvgIpc) is 2.85. The van der Waals surface area contributed by atoms with Crippen molar-refractivity contribution in [1.82, 2.24) is 19.5 Å². The van der Waals surface area contributed by atoms with Crippen molar-refractivity contribution in [2.24, 2.45) is 4.99 Å². The lowest BCUT2D eigenvalue weighted by atomic mass is 10.6. The highest BCUT2D eigenvalue weighted by molar-refractivity contribution is 8.14. The van der Waals surface area contributed by atoms with Gasteiger partial charge in [0.2, 0.25) is 0 Å². The molecular weight excluding hydrogens is 198 g/mol. The van der Waals surface area contributed by atoms with Gasteiger partial charge >= 0.3 is 0 Å². The fourth-order valence-corrected chi connectivity index (χ4v) is 2.20. The first-order valence-corrected chi connectivity index (χ1v) is 5.24. The van der Waals surface area contributed by atoms with E-state index in [0.717, 1.165) is 28.6 Å². The predicted octanol–water partition coefficient (Wildman–Crippen LogP) is 0.777. The molecule has 70 valence electrons. The van der Waals surface area contributed by atoms with Gasteiger partial charge in [-0.1, -0.05) is 11.8 Å². The van der Waals surface area contributed by atoms with Crippen molar-refractivity contribution in [3.05, 3.63) is 18.9 Å². The van der Waals surface area contributed by atoms with Crippen LogP contribution in [0.5, 0.6) is 0 Å². The van der Waals surface area contributed by atoms with Crippen LogP contribution in [0.15, 0.2) is 23.8 Å². The van der Waals surface area contributed by atoms with Crippen LogP contribution in [-0.4, -0.2) is 37.0 Å². The maximum atomic E-state index is 4.37. The van der Waals surface area contributed by atoms with Crippen LogP contribution in [-0.2, 0) is 0 Å². The fourth-order valence-electron chi connectivity index (χ4n) is 1.38. The number of fused-ring (bicyclic) bond motifs is 1. The molecule has 0 saturated carbocycles. The zero-order valence-corrected chi connectivity index (χ0v) is 8.11. The molecule has 0 atom stereocenters. The summed E-state index contributed by atoms with van der Waals surface area (Å²) in [5.41, 5.74) is 1.64. The van der Waals surface area contributed by atoms with Gasteiger partial charge in [-0.15, -0.1) is 0 Å². The highest BCUT2D eigenvalue weighted by Gasteiger charge is 2.12. The summed E-state index contributed by atoms with van der Waals surface area (Å²) in [6.45, 7) is 0.880. The van der Waals surface area contributed by atoms with Gasteiger partial charge in [0.25, 0.3) is 0 Å². The summed E-state index contributed by atoms with van der Waals surface area (Å²) in [6, 6.07) is 0. The predicted molar refractivity (Wildman–Crippen MR) is 55.5 cm³/mol. The molecule has 14 heavy (non-hydrogen) atoms. The minimum Gasteiger partial charge on any atom is -0.262 e. The molecule has 6 heteroatoms. The number of hydrogen-bond acceptors (Lipinski definition) is 5. The van der Waals surface area contributed by atoms with Gasteiger partial charge in [-0.05, 0) is 0 Å². The van der Waals surface area contributed by atoms with Crippen LogP contribution in [0, 0.1) is 0 Å². The van der Waals surface area contributed by atoms with Gasteiger partial charge in [-0.2, -0.15) is 0 Å². The Bertz CT molecular complexity index is 503. The van der Waals surface area contributed by atoms with E-state index < -0.39 is 0 Å². The summed E-state index contributed by atoms with van der Waals surface area (Å²) in [5.74, 6) is 1.04. The van der Waals surface area contributed by atoms with E-state index in [4.69, 9.17) is 0 Å². The first kappa shape index (κ1) is 7.93. The van der Waals surface area contributed by atoms with Crippen molar-refractivity contribution in [3.8, 4) is 0 Å². The van der Waals surface area contributed by atoms with E-state index in [0.29, 0.717) is 0 Å². The molecule has 2 aromatic heterocycles. The zero-order chi connectivity index (χ0) is 9.38. The number of rotatable bonds is 0. The normalized spacial score (nSPS) is 16.1. The largest absolute Gasteiger partial charge is 0.262 e. The van der Waals surface area contributed by atoms with Gasteiger partial charge in [-0.3, -0.25) is 9.56 Å². The molecule has 3 rings (SSSR count). The molecule has 5 nitrogen and oxygen atoms in total. The number of thioether (sulfide) groups is 1. The van der Waals surface area contributed by atoms with E-state index >= 15 is 0 Å². The van der Waals surface area contributed by atoms with Gasteiger partial charge in [0, 0.05) is 5.75 Å². The Morgan fingerprint density at radius 3 is 3.21 bits per heavy atom. The number of aliphatic imine (C=N–C) groups is 1. The molecule has 2 aromatic rings. The van der Waals surface area contributed by atoms with Crippen molar-refractivity contribution >= 4 is 28.1 Å². The first-order valence-electron chi connectivity index (χ1n) is 4.26. The van der Waals surface area contributed by atoms with Crippen LogP contribution in [0.25, 0.3) is 11.2 Å². The Morgan fingerprint density at radius 1 is 1.36 bits per heavy atom. The molecular formula is C8H7N5S. The van der Waals surface area contributed by atoms with Crippen LogP contribution in [0.1, 0.15) is 0 Å². The Kier molecular flexibility index (Phi) is 1.73. The lowest BCUT2D eigenvalue weighted by Crippen LogP contribution is -2.04. The molecule has 0 aliphatic carbocycles. The van der Waals surface area contributed by atoms with Gasteiger partial charge in [0.1, 0.15) is 18.2 Å². The fraction of sp³-hybridized carbons (Fsp3) is 0.250. The lowest BCUT2D eigenvalue weighted by Gasteiger charge is -1.99. The summed E-state index contributed by atoms with van der Waals surface area (Å²) in [5, 5.41) is 0.978. The number of imidazole rings is 1.